The third-order valence-electron chi connectivity index (χ3n) is 4.84. The molecular weight excluding hydrogens is 236 g/mol. The molecule has 1 aliphatic heterocycles. The zero-order chi connectivity index (χ0) is 13.7. The zero-order valence-electron chi connectivity index (χ0n) is 12.6. The molecule has 0 aromatic rings. The van der Waals surface area contributed by atoms with Gasteiger partial charge in [0.25, 0.3) is 0 Å². The summed E-state index contributed by atoms with van der Waals surface area (Å²) in [6.07, 6.45) is 11.2. The standard InChI is InChI=1S/C16H30N2O/c1-16(2)11-8-12-17-14(16)15(19)18-13-9-6-4-3-5-7-10-13/h13-14,17H,3-12H2,1-2H3,(H,18,19). The van der Waals surface area contributed by atoms with Gasteiger partial charge in [-0.05, 0) is 37.6 Å². The Kier molecular flexibility index (Phi) is 5.26. The van der Waals surface area contributed by atoms with E-state index in [1.54, 1.807) is 0 Å². The second kappa shape index (κ2) is 6.74. The van der Waals surface area contributed by atoms with E-state index in [0.29, 0.717) is 6.04 Å². The van der Waals surface area contributed by atoms with Crippen molar-refractivity contribution >= 4 is 5.91 Å². The molecule has 0 spiro atoms. The molecule has 1 amide bonds. The van der Waals surface area contributed by atoms with E-state index in [4.69, 9.17) is 0 Å². The van der Waals surface area contributed by atoms with Gasteiger partial charge >= 0.3 is 0 Å². The maximum absolute atomic E-state index is 12.5. The van der Waals surface area contributed by atoms with E-state index in [1.807, 2.05) is 0 Å². The van der Waals surface area contributed by atoms with E-state index in [9.17, 15) is 4.79 Å². The summed E-state index contributed by atoms with van der Waals surface area (Å²) < 4.78 is 0. The molecule has 3 nitrogen and oxygen atoms in total. The van der Waals surface area contributed by atoms with Crippen LogP contribution in [0, 0.1) is 5.41 Å². The van der Waals surface area contributed by atoms with Crippen LogP contribution in [0.15, 0.2) is 0 Å². The molecule has 1 aliphatic carbocycles. The molecule has 1 atom stereocenters. The molecule has 1 saturated carbocycles. The van der Waals surface area contributed by atoms with Crippen molar-refractivity contribution in [2.24, 2.45) is 5.41 Å². The summed E-state index contributed by atoms with van der Waals surface area (Å²) in [6.45, 7) is 5.40. The first-order valence-corrected chi connectivity index (χ1v) is 8.13. The fraction of sp³-hybridized carbons (Fsp3) is 0.938. The third-order valence-corrected chi connectivity index (χ3v) is 4.84. The Labute approximate surface area is 117 Å². The van der Waals surface area contributed by atoms with Crippen molar-refractivity contribution in [1.82, 2.24) is 10.6 Å². The Hall–Kier alpha value is -0.570. The summed E-state index contributed by atoms with van der Waals surface area (Å²) in [7, 11) is 0. The number of carbonyl (C=O) groups is 1. The number of rotatable bonds is 2. The fourth-order valence-electron chi connectivity index (χ4n) is 3.54. The van der Waals surface area contributed by atoms with Crippen LogP contribution in [0.4, 0.5) is 0 Å². The molecule has 0 bridgehead atoms. The van der Waals surface area contributed by atoms with Gasteiger partial charge in [-0.1, -0.05) is 46.0 Å². The van der Waals surface area contributed by atoms with Crippen LogP contribution in [0.2, 0.25) is 0 Å². The fourth-order valence-corrected chi connectivity index (χ4v) is 3.54. The predicted molar refractivity (Wildman–Crippen MR) is 79.1 cm³/mol. The van der Waals surface area contributed by atoms with Gasteiger partial charge in [-0.2, -0.15) is 0 Å². The summed E-state index contributed by atoms with van der Waals surface area (Å²) in [5.74, 6) is 0.232. The molecule has 2 aliphatic rings. The zero-order valence-corrected chi connectivity index (χ0v) is 12.6. The van der Waals surface area contributed by atoms with Crippen LogP contribution in [0.1, 0.15) is 71.6 Å². The highest BCUT2D eigenvalue weighted by Gasteiger charge is 2.37. The first kappa shape index (κ1) is 14.8. The lowest BCUT2D eigenvalue weighted by Gasteiger charge is -2.39. The van der Waals surface area contributed by atoms with Crippen molar-refractivity contribution in [2.45, 2.75) is 83.7 Å². The van der Waals surface area contributed by atoms with Gasteiger partial charge < -0.3 is 10.6 Å². The van der Waals surface area contributed by atoms with Crippen LogP contribution in [-0.2, 0) is 4.79 Å². The van der Waals surface area contributed by atoms with E-state index in [1.165, 1.54) is 51.4 Å². The molecule has 110 valence electrons. The normalized spacial score (nSPS) is 29.3. The molecule has 2 fully saturated rings. The van der Waals surface area contributed by atoms with Gasteiger partial charge in [0.05, 0.1) is 6.04 Å². The number of hydrogen-bond donors (Lipinski definition) is 2. The number of hydrogen-bond acceptors (Lipinski definition) is 2. The monoisotopic (exact) mass is 266 g/mol. The number of piperidine rings is 1. The average Bonchev–Trinajstić information content (AvgIpc) is 2.31. The van der Waals surface area contributed by atoms with Gasteiger partial charge in [0.2, 0.25) is 5.91 Å². The molecule has 1 saturated heterocycles. The van der Waals surface area contributed by atoms with Crippen molar-refractivity contribution in [2.75, 3.05) is 6.54 Å². The highest BCUT2D eigenvalue weighted by atomic mass is 16.2. The van der Waals surface area contributed by atoms with Gasteiger partial charge in [-0.25, -0.2) is 0 Å². The van der Waals surface area contributed by atoms with Crippen molar-refractivity contribution in [3.05, 3.63) is 0 Å². The summed E-state index contributed by atoms with van der Waals surface area (Å²) >= 11 is 0. The van der Waals surface area contributed by atoms with E-state index in [2.05, 4.69) is 24.5 Å². The van der Waals surface area contributed by atoms with E-state index < -0.39 is 0 Å². The lowest BCUT2D eigenvalue weighted by Crippen LogP contribution is -2.57. The van der Waals surface area contributed by atoms with Crippen LogP contribution in [-0.4, -0.2) is 24.5 Å². The first-order valence-electron chi connectivity index (χ1n) is 8.13. The van der Waals surface area contributed by atoms with Crippen LogP contribution in [0.3, 0.4) is 0 Å². The lowest BCUT2D eigenvalue weighted by atomic mass is 9.77. The Morgan fingerprint density at radius 2 is 1.68 bits per heavy atom. The van der Waals surface area contributed by atoms with E-state index in [-0.39, 0.29) is 17.4 Å². The second-order valence-corrected chi connectivity index (χ2v) is 7.03. The second-order valence-electron chi connectivity index (χ2n) is 7.03. The molecule has 0 aromatic carbocycles. The van der Waals surface area contributed by atoms with Gasteiger partial charge in [-0.15, -0.1) is 0 Å². The molecule has 0 aromatic heterocycles. The first-order chi connectivity index (χ1) is 9.09. The number of amides is 1. The quantitative estimate of drug-likeness (QED) is 0.806. The maximum Gasteiger partial charge on any atom is 0.237 e. The summed E-state index contributed by atoms with van der Waals surface area (Å²) in [5, 5.41) is 6.73. The Morgan fingerprint density at radius 3 is 2.32 bits per heavy atom. The van der Waals surface area contributed by atoms with Gasteiger partial charge in [-0.3, -0.25) is 4.79 Å². The molecular formula is C16H30N2O. The van der Waals surface area contributed by atoms with E-state index >= 15 is 0 Å². The summed E-state index contributed by atoms with van der Waals surface area (Å²) in [4.78, 5) is 12.5. The SMILES string of the molecule is CC1(C)CCCNC1C(=O)NC1CCCCCCC1. The summed E-state index contributed by atoms with van der Waals surface area (Å²) in [6, 6.07) is 0.402. The molecule has 0 radical (unpaired) electrons. The maximum atomic E-state index is 12.5. The van der Waals surface area contributed by atoms with Gasteiger partial charge in [0.15, 0.2) is 0 Å². The Morgan fingerprint density at radius 1 is 1.05 bits per heavy atom. The highest BCUT2D eigenvalue weighted by molar-refractivity contribution is 5.83. The van der Waals surface area contributed by atoms with E-state index in [0.717, 1.165) is 13.0 Å². The minimum absolute atomic E-state index is 0.00769. The summed E-state index contributed by atoms with van der Waals surface area (Å²) in [5.41, 5.74) is 0.0873. The van der Waals surface area contributed by atoms with Crippen molar-refractivity contribution in [3.8, 4) is 0 Å². The Balaban J connectivity index is 1.88. The minimum atomic E-state index is -0.00769. The smallest absolute Gasteiger partial charge is 0.237 e. The predicted octanol–water partition coefficient (Wildman–Crippen LogP) is 2.99. The Bertz CT molecular complexity index is 293. The van der Waals surface area contributed by atoms with Crippen LogP contribution >= 0.6 is 0 Å². The molecule has 2 rings (SSSR count). The average molecular weight is 266 g/mol. The van der Waals surface area contributed by atoms with Crippen LogP contribution in [0.5, 0.6) is 0 Å². The number of carbonyl (C=O) groups excluding carboxylic acids is 1. The van der Waals surface area contributed by atoms with Crippen LogP contribution in [0.25, 0.3) is 0 Å². The lowest BCUT2D eigenvalue weighted by molar-refractivity contribution is -0.127. The van der Waals surface area contributed by atoms with Crippen molar-refractivity contribution in [3.63, 3.8) is 0 Å². The molecule has 1 unspecified atom stereocenters. The third kappa shape index (κ3) is 4.20. The molecule has 3 heteroatoms. The molecule has 19 heavy (non-hydrogen) atoms. The van der Waals surface area contributed by atoms with Crippen molar-refractivity contribution < 1.29 is 4.79 Å². The van der Waals surface area contributed by atoms with Crippen LogP contribution < -0.4 is 10.6 Å². The number of nitrogens with one attached hydrogen (secondary N) is 2. The topological polar surface area (TPSA) is 41.1 Å². The van der Waals surface area contributed by atoms with Gasteiger partial charge in [0.1, 0.15) is 0 Å². The van der Waals surface area contributed by atoms with Crippen molar-refractivity contribution in [1.29, 1.82) is 0 Å². The minimum Gasteiger partial charge on any atom is -0.352 e. The molecule has 1 heterocycles. The largest absolute Gasteiger partial charge is 0.352 e. The molecule has 2 N–H and O–H groups in total. The van der Waals surface area contributed by atoms with Gasteiger partial charge in [0, 0.05) is 6.04 Å². The highest BCUT2D eigenvalue weighted by Crippen LogP contribution is 2.30.